The zero-order valence-corrected chi connectivity index (χ0v) is 14.0. The molecule has 21 heavy (non-hydrogen) atoms. The van der Waals surface area contributed by atoms with Gasteiger partial charge in [0.05, 0.1) is 0 Å². The van der Waals surface area contributed by atoms with E-state index in [0.717, 1.165) is 42.3 Å². The van der Waals surface area contributed by atoms with E-state index in [1.54, 1.807) is 0 Å². The van der Waals surface area contributed by atoms with Gasteiger partial charge in [-0.3, -0.25) is 0 Å². The van der Waals surface area contributed by atoms with E-state index in [2.05, 4.69) is 41.5 Å². The molecular weight excluding hydrogens is 262 g/mol. The molecule has 0 radical (unpaired) electrons. The van der Waals surface area contributed by atoms with Gasteiger partial charge >= 0.3 is 0 Å². The van der Waals surface area contributed by atoms with Crippen LogP contribution >= 0.6 is 0 Å². The molecule has 5 nitrogen and oxygen atoms in total. The fraction of sp³-hybridized carbons (Fsp3) is 0.750. The molecule has 0 aromatic carbocycles. The van der Waals surface area contributed by atoms with Crippen LogP contribution in [0.25, 0.3) is 0 Å². The van der Waals surface area contributed by atoms with E-state index >= 15 is 0 Å². The number of nitrogen functional groups attached to an aromatic ring is 1. The van der Waals surface area contributed by atoms with E-state index in [0.29, 0.717) is 6.04 Å². The van der Waals surface area contributed by atoms with Crippen LogP contribution in [0.1, 0.15) is 70.7 Å². The van der Waals surface area contributed by atoms with Gasteiger partial charge in [-0.15, -0.1) is 0 Å². The van der Waals surface area contributed by atoms with Crippen LogP contribution in [-0.2, 0) is 6.42 Å². The molecule has 0 aliphatic carbocycles. The van der Waals surface area contributed by atoms with E-state index in [1.165, 1.54) is 25.7 Å². The number of hydrazine groups is 1. The van der Waals surface area contributed by atoms with Crippen LogP contribution in [0.2, 0.25) is 0 Å². The SMILES string of the molecule is CCCCC(CCC)Nc1nc(CCC)nc(NN)c1C. The van der Waals surface area contributed by atoms with Crippen LogP contribution in [0.4, 0.5) is 11.6 Å². The Hall–Kier alpha value is -1.36. The largest absolute Gasteiger partial charge is 0.367 e. The van der Waals surface area contributed by atoms with Crippen molar-refractivity contribution >= 4 is 11.6 Å². The second-order valence-corrected chi connectivity index (χ2v) is 5.63. The van der Waals surface area contributed by atoms with E-state index < -0.39 is 0 Å². The summed E-state index contributed by atoms with van der Waals surface area (Å²) in [6, 6.07) is 0.476. The molecule has 0 amide bonds. The predicted molar refractivity (Wildman–Crippen MR) is 90.4 cm³/mol. The number of aryl methyl sites for hydroxylation is 1. The van der Waals surface area contributed by atoms with Gasteiger partial charge in [-0.1, -0.05) is 40.0 Å². The first-order valence-electron chi connectivity index (χ1n) is 8.26. The van der Waals surface area contributed by atoms with Crippen LogP contribution < -0.4 is 16.6 Å². The van der Waals surface area contributed by atoms with Crippen molar-refractivity contribution in [2.75, 3.05) is 10.7 Å². The van der Waals surface area contributed by atoms with Crippen molar-refractivity contribution in [2.24, 2.45) is 5.84 Å². The molecule has 1 rings (SSSR count). The van der Waals surface area contributed by atoms with Crippen LogP contribution in [0.15, 0.2) is 0 Å². The highest BCUT2D eigenvalue weighted by Gasteiger charge is 2.14. The van der Waals surface area contributed by atoms with Gasteiger partial charge in [0.15, 0.2) is 0 Å². The summed E-state index contributed by atoms with van der Waals surface area (Å²) in [6.45, 7) is 8.60. The van der Waals surface area contributed by atoms with E-state index in [4.69, 9.17) is 5.84 Å². The van der Waals surface area contributed by atoms with Gasteiger partial charge in [0.1, 0.15) is 17.5 Å². The second kappa shape index (κ2) is 9.55. The minimum absolute atomic E-state index is 0.476. The number of hydrogen-bond donors (Lipinski definition) is 3. The normalized spacial score (nSPS) is 12.2. The number of rotatable bonds is 10. The maximum atomic E-state index is 5.59. The summed E-state index contributed by atoms with van der Waals surface area (Å²) in [7, 11) is 0. The first-order valence-corrected chi connectivity index (χ1v) is 8.26. The highest BCUT2D eigenvalue weighted by Crippen LogP contribution is 2.22. The number of unbranched alkanes of at least 4 members (excludes halogenated alkanes) is 1. The van der Waals surface area contributed by atoms with Crippen molar-refractivity contribution in [3.05, 3.63) is 11.4 Å². The summed E-state index contributed by atoms with van der Waals surface area (Å²) in [5.41, 5.74) is 3.69. The van der Waals surface area contributed by atoms with Crippen molar-refractivity contribution in [3.63, 3.8) is 0 Å². The molecule has 1 aromatic rings. The molecule has 5 heteroatoms. The summed E-state index contributed by atoms with van der Waals surface area (Å²) in [5.74, 6) is 8.09. The van der Waals surface area contributed by atoms with Crippen LogP contribution in [0, 0.1) is 6.92 Å². The van der Waals surface area contributed by atoms with E-state index in [-0.39, 0.29) is 0 Å². The first-order chi connectivity index (χ1) is 10.2. The number of nitrogens with zero attached hydrogens (tertiary/aromatic N) is 2. The maximum absolute atomic E-state index is 5.59. The minimum Gasteiger partial charge on any atom is -0.367 e. The Morgan fingerprint density at radius 3 is 2.29 bits per heavy atom. The molecule has 0 bridgehead atoms. The standard InChI is InChI=1S/C16H31N5/c1-5-8-11-13(9-6-2)18-15-12(4)16(21-17)20-14(19-15)10-7-3/h13H,5-11,17H2,1-4H3,(H2,18,19,20,21). The Kier molecular flexibility index (Phi) is 8.05. The van der Waals surface area contributed by atoms with Crippen molar-refractivity contribution in [3.8, 4) is 0 Å². The highest BCUT2D eigenvalue weighted by molar-refractivity contribution is 5.57. The third-order valence-electron chi connectivity index (χ3n) is 3.69. The Balaban J connectivity index is 2.94. The Morgan fingerprint density at radius 1 is 1.00 bits per heavy atom. The molecule has 4 N–H and O–H groups in total. The van der Waals surface area contributed by atoms with Crippen molar-refractivity contribution in [2.45, 2.75) is 78.7 Å². The lowest BCUT2D eigenvalue weighted by Crippen LogP contribution is -2.22. The van der Waals surface area contributed by atoms with Gasteiger partial charge in [0, 0.05) is 18.0 Å². The van der Waals surface area contributed by atoms with Crippen LogP contribution in [0.3, 0.4) is 0 Å². The predicted octanol–water partition coefficient (Wildman–Crippen LogP) is 3.79. The Bertz CT molecular complexity index is 419. The quantitative estimate of drug-likeness (QED) is 0.452. The summed E-state index contributed by atoms with van der Waals surface area (Å²) in [4.78, 5) is 9.15. The van der Waals surface area contributed by atoms with Gasteiger partial charge in [-0.2, -0.15) is 0 Å². The topological polar surface area (TPSA) is 75.9 Å². The van der Waals surface area contributed by atoms with Crippen molar-refractivity contribution in [1.82, 2.24) is 9.97 Å². The summed E-state index contributed by atoms with van der Waals surface area (Å²) < 4.78 is 0. The molecular formula is C16H31N5. The van der Waals surface area contributed by atoms with Gasteiger partial charge in [-0.25, -0.2) is 15.8 Å². The first kappa shape index (κ1) is 17.7. The van der Waals surface area contributed by atoms with Gasteiger partial charge in [0.25, 0.3) is 0 Å². The summed E-state index contributed by atoms with van der Waals surface area (Å²) in [6.07, 6.45) is 7.89. The maximum Gasteiger partial charge on any atom is 0.148 e. The lowest BCUT2D eigenvalue weighted by atomic mass is 10.0. The third-order valence-corrected chi connectivity index (χ3v) is 3.69. The van der Waals surface area contributed by atoms with E-state index in [1.807, 2.05) is 6.92 Å². The molecule has 1 unspecified atom stereocenters. The van der Waals surface area contributed by atoms with Crippen molar-refractivity contribution < 1.29 is 0 Å². The molecule has 0 spiro atoms. The minimum atomic E-state index is 0.476. The summed E-state index contributed by atoms with van der Waals surface area (Å²) >= 11 is 0. The molecule has 0 aliphatic rings. The molecule has 1 atom stereocenters. The zero-order valence-electron chi connectivity index (χ0n) is 14.0. The number of nitrogens with two attached hydrogens (primary N) is 1. The van der Waals surface area contributed by atoms with Gasteiger partial charge in [-0.05, 0) is 26.2 Å². The smallest absolute Gasteiger partial charge is 0.148 e. The molecule has 1 heterocycles. The fourth-order valence-corrected chi connectivity index (χ4v) is 2.46. The number of nitrogens with one attached hydrogen (secondary N) is 2. The van der Waals surface area contributed by atoms with Crippen LogP contribution in [0.5, 0.6) is 0 Å². The van der Waals surface area contributed by atoms with Gasteiger partial charge in [0.2, 0.25) is 0 Å². The Labute approximate surface area is 129 Å². The molecule has 120 valence electrons. The molecule has 0 fully saturated rings. The molecule has 1 aromatic heterocycles. The molecule has 0 aliphatic heterocycles. The highest BCUT2D eigenvalue weighted by atomic mass is 15.3. The Morgan fingerprint density at radius 2 is 1.71 bits per heavy atom. The monoisotopic (exact) mass is 293 g/mol. The average Bonchev–Trinajstić information content (AvgIpc) is 2.48. The number of aromatic nitrogens is 2. The third kappa shape index (κ3) is 5.50. The number of anilines is 2. The van der Waals surface area contributed by atoms with E-state index in [9.17, 15) is 0 Å². The summed E-state index contributed by atoms with van der Waals surface area (Å²) in [5, 5.41) is 3.61. The molecule has 0 saturated carbocycles. The average molecular weight is 293 g/mol. The van der Waals surface area contributed by atoms with Crippen molar-refractivity contribution in [1.29, 1.82) is 0 Å². The number of hydrogen-bond acceptors (Lipinski definition) is 5. The second-order valence-electron chi connectivity index (χ2n) is 5.63. The molecule has 0 saturated heterocycles. The lowest BCUT2D eigenvalue weighted by Gasteiger charge is -2.21. The van der Waals surface area contributed by atoms with Crippen LogP contribution in [-0.4, -0.2) is 16.0 Å². The fourth-order valence-electron chi connectivity index (χ4n) is 2.46. The zero-order chi connectivity index (χ0) is 15.7. The van der Waals surface area contributed by atoms with Gasteiger partial charge < -0.3 is 10.7 Å². The lowest BCUT2D eigenvalue weighted by molar-refractivity contribution is 0.562.